The number of methoxy groups -OCH3 is 1. The lowest BCUT2D eigenvalue weighted by Gasteiger charge is -2.34. The number of anilines is 1. The first-order chi connectivity index (χ1) is 18.3. The van der Waals surface area contributed by atoms with Crippen LogP contribution >= 0.6 is 22.9 Å². The summed E-state index contributed by atoms with van der Waals surface area (Å²) in [6.45, 7) is 3.89. The normalized spacial score (nSPS) is 14.6. The second kappa shape index (κ2) is 10.9. The molecule has 0 bridgehead atoms. The predicted octanol–water partition coefficient (Wildman–Crippen LogP) is 5.35. The summed E-state index contributed by atoms with van der Waals surface area (Å²) < 4.78 is 33.8. The number of rotatable bonds is 7. The van der Waals surface area contributed by atoms with Crippen molar-refractivity contribution in [2.75, 3.05) is 44.6 Å². The van der Waals surface area contributed by atoms with Crippen LogP contribution < -0.4 is 9.04 Å². The smallest absolute Gasteiger partial charge is 0.264 e. The number of thiophene rings is 1. The van der Waals surface area contributed by atoms with Crippen molar-refractivity contribution >= 4 is 54.6 Å². The summed E-state index contributed by atoms with van der Waals surface area (Å²) >= 11 is 7.59. The van der Waals surface area contributed by atoms with E-state index in [1.165, 1.54) is 53.6 Å². The van der Waals surface area contributed by atoms with Crippen LogP contribution in [0.3, 0.4) is 0 Å². The third-order valence-corrected chi connectivity index (χ3v) is 9.95. The molecule has 1 aromatic heterocycles. The van der Waals surface area contributed by atoms with Gasteiger partial charge in [0, 0.05) is 44.5 Å². The Morgan fingerprint density at radius 1 is 1.00 bits per heavy atom. The summed E-state index contributed by atoms with van der Waals surface area (Å²) in [6, 6.07) is 22.0. The highest BCUT2D eigenvalue weighted by Crippen LogP contribution is 2.33. The molecule has 198 valence electrons. The van der Waals surface area contributed by atoms with E-state index in [0.29, 0.717) is 29.4 Å². The number of sulfonamides is 1. The Bertz CT molecular complexity index is 1570. The first-order valence-corrected chi connectivity index (χ1v) is 14.8. The molecule has 3 aromatic carbocycles. The van der Waals surface area contributed by atoms with Crippen LogP contribution in [0.25, 0.3) is 10.1 Å². The van der Waals surface area contributed by atoms with Crippen molar-refractivity contribution in [3.05, 3.63) is 88.3 Å². The molecular weight excluding hydrogens is 542 g/mol. The van der Waals surface area contributed by atoms with Crippen LogP contribution in [0, 0.1) is 0 Å². The molecule has 0 radical (unpaired) electrons. The van der Waals surface area contributed by atoms with Crippen LogP contribution in [0.2, 0.25) is 5.02 Å². The van der Waals surface area contributed by atoms with Gasteiger partial charge in [-0.25, -0.2) is 8.42 Å². The van der Waals surface area contributed by atoms with Gasteiger partial charge in [0.1, 0.15) is 5.75 Å². The zero-order valence-electron chi connectivity index (χ0n) is 21.1. The second-order valence-electron chi connectivity index (χ2n) is 9.16. The monoisotopic (exact) mass is 569 g/mol. The van der Waals surface area contributed by atoms with Crippen LogP contribution in [-0.2, 0) is 16.6 Å². The summed E-state index contributed by atoms with van der Waals surface area (Å²) in [5.41, 5.74) is 1.77. The summed E-state index contributed by atoms with van der Waals surface area (Å²) in [4.78, 5) is 18.3. The largest absolute Gasteiger partial charge is 0.495 e. The van der Waals surface area contributed by atoms with Gasteiger partial charge in [-0.15, -0.1) is 11.3 Å². The molecule has 0 aliphatic carbocycles. The zero-order valence-corrected chi connectivity index (χ0v) is 23.5. The van der Waals surface area contributed by atoms with Gasteiger partial charge in [0.2, 0.25) is 0 Å². The van der Waals surface area contributed by atoms with Crippen molar-refractivity contribution in [1.29, 1.82) is 0 Å². The number of nitrogens with zero attached hydrogens (tertiary/aromatic N) is 3. The van der Waals surface area contributed by atoms with Gasteiger partial charge >= 0.3 is 0 Å². The quantitative estimate of drug-likeness (QED) is 0.300. The molecule has 0 N–H and O–H groups in total. The van der Waals surface area contributed by atoms with Crippen molar-refractivity contribution in [3.63, 3.8) is 0 Å². The van der Waals surface area contributed by atoms with Crippen LogP contribution in [0.1, 0.15) is 15.2 Å². The molecule has 1 fully saturated rings. The van der Waals surface area contributed by atoms with E-state index >= 15 is 0 Å². The second-order valence-corrected chi connectivity index (χ2v) is 12.6. The first-order valence-electron chi connectivity index (χ1n) is 12.2. The number of ether oxygens (including phenoxy) is 1. The number of hydrogen-bond acceptors (Lipinski definition) is 6. The van der Waals surface area contributed by atoms with E-state index in [1.54, 1.807) is 12.1 Å². The minimum Gasteiger partial charge on any atom is -0.495 e. The molecular formula is C28H28ClN3O4S2. The molecule has 4 aromatic rings. The Kier molecular flexibility index (Phi) is 7.63. The highest BCUT2D eigenvalue weighted by Gasteiger charge is 2.25. The van der Waals surface area contributed by atoms with Crippen molar-refractivity contribution in [2.45, 2.75) is 11.4 Å². The van der Waals surface area contributed by atoms with Crippen LogP contribution in [0.15, 0.2) is 77.7 Å². The fourth-order valence-corrected chi connectivity index (χ4v) is 7.09. The first kappa shape index (κ1) is 26.5. The number of amides is 1. The number of hydrogen-bond donors (Lipinski definition) is 0. The molecule has 0 spiro atoms. The van der Waals surface area contributed by atoms with Crippen molar-refractivity contribution < 1.29 is 17.9 Å². The van der Waals surface area contributed by atoms with Crippen molar-refractivity contribution in [3.8, 4) is 5.75 Å². The Hall–Kier alpha value is -3.11. The number of fused-ring (bicyclic) bond motifs is 1. The molecule has 0 atom stereocenters. The lowest BCUT2D eigenvalue weighted by Crippen LogP contribution is -2.48. The van der Waals surface area contributed by atoms with Gasteiger partial charge in [-0.3, -0.25) is 14.0 Å². The van der Waals surface area contributed by atoms with Gasteiger partial charge in [-0.1, -0.05) is 41.9 Å². The van der Waals surface area contributed by atoms with E-state index in [9.17, 15) is 13.2 Å². The van der Waals surface area contributed by atoms with E-state index in [-0.39, 0.29) is 15.8 Å². The lowest BCUT2D eigenvalue weighted by atomic mass is 10.2. The van der Waals surface area contributed by atoms with Crippen LogP contribution in [0.5, 0.6) is 5.75 Å². The summed E-state index contributed by atoms with van der Waals surface area (Å²) in [6.07, 6.45) is 0. The van der Waals surface area contributed by atoms with Gasteiger partial charge in [0.05, 0.1) is 27.6 Å². The molecule has 0 saturated carbocycles. The van der Waals surface area contributed by atoms with E-state index in [1.807, 2.05) is 35.2 Å². The summed E-state index contributed by atoms with van der Waals surface area (Å²) in [7, 11) is -0.869. The van der Waals surface area contributed by atoms with E-state index in [4.69, 9.17) is 16.3 Å². The molecule has 1 amide bonds. The average molecular weight is 570 g/mol. The lowest BCUT2D eigenvalue weighted by molar-refractivity contribution is 0.0633. The number of carbonyl (C=O) groups is 1. The molecule has 5 rings (SSSR count). The van der Waals surface area contributed by atoms with E-state index in [2.05, 4.69) is 17.0 Å². The molecule has 10 heteroatoms. The maximum absolute atomic E-state index is 13.3. The van der Waals surface area contributed by atoms with Gasteiger partial charge in [-0.05, 0) is 53.4 Å². The van der Waals surface area contributed by atoms with Gasteiger partial charge in [-0.2, -0.15) is 0 Å². The SMILES string of the molecule is COc1ccc(S(=O)(=O)N(C)c2ccc3sc(C(=O)N4CCN(Cc5ccccc5)CC4)cc3c2)cc1Cl. The topological polar surface area (TPSA) is 70.2 Å². The maximum atomic E-state index is 13.3. The van der Waals surface area contributed by atoms with Crippen LogP contribution in [0.4, 0.5) is 5.69 Å². The van der Waals surface area contributed by atoms with Gasteiger partial charge in [0.15, 0.2) is 0 Å². The fraction of sp³-hybridized carbons (Fsp3) is 0.250. The Labute approximate surface area is 231 Å². The van der Waals surface area contributed by atoms with Crippen LogP contribution in [-0.4, -0.2) is 64.5 Å². The molecule has 38 heavy (non-hydrogen) atoms. The minimum absolute atomic E-state index is 0.0148. The molecule has 1 saturated heterocycles. The molecule has 1 aliphatic rings. The minimum atomic E-state index is -3.85. The average Bonchev–Trinajstić information content (AvgIpc) is 3.36. The molecule has 1 aliphatic heterocycles. The highest BCUT2D eigenvalue weighted by atomic mass is 35.5. The number of carbonyl (C=O) groups excluding carboxylic acids is 1. The highest BCUT2D eigenvalue weighted by molar-refractivity contribution is 7.92. The number of benzene rings is 3. The molecule has 2 heterocycles. The standard InChI is InChI=1S/C28H28ClN3O4S2/c1-30(38(34,35)23-9-10-25(36-2)24(29)18-23)22-8-11-26-21(16-22)17-27(37-26)28(33)32-14-12-31(13-15-32)19-20-6-4-3-5-7-20/h3-11,16-18H,12-15,19H2,1-2H3. The Morgan fingerprint density at radius 2 is 1.74 bits per heavy atom. The van der Waals surface area contributed by atoms with Crippen molar-refractivity contribution in [1.82, 2.24) is 9.80 Å². The Morgan fingerprint density at radius 3 is 2.42 bits per heavy atom. The van der Waals surface area contributed by atoms with E-state index < -0.39 is 10.0 Å². The zero-order chi connectivity index (χ0) is 26.9. The van der Waals surface area contributed by atoms with Gasteiger partial charge < -0.3 is 9.64 Å². The Balaban J connectivity index is 1.29. The van der Waals surface area contributed by atoms with Gasteiger partial charge in [0.25, 0.3) is 15.9 Å². The van der Waals surface area contributed by atoms with Crippen molar-refractivity contribution in [2.24, 2.45) is 0 Å². The predicted molar refractivity (Wildman–Crippen MR) is 153 cm³/mol. The summed E-state index contributed by atoms with van der Waals surface area (Å²) in [5.74, 6) is 0.420. The van der Waals surface area contributed by atoms with E-state index in [0.717, 1.165) is 29.7 Å². The fourth-order valence-electron chi connectivity index (χ4n) is 4.54. The number of halogens is 1. The third-order valence-electron chi connectivity index (χ3n) is 6.76. The third kappa shape index (κ3) is 5.37. The number of piperazine rings is 1. The summed E-state index contributed by atoms with van der Waals surface area (Å²) in [5, 5.41) is 1.05. The molecule has 7 nitrogen and oxygen atoms in total. The molecule has 0 unspecified atom stereocenters. The maximum Gasteiger partial charge on any atom is 0.264 e.